The molecular weight excluding hydrogens is 212 g/mol. The molecule has 3 nitrogen and oxygen atoms in total. The molecule has 0 atom stereocenters. The van der Waals surface area contributed by atoms with Crippen molar-refractivity contribution in [1.82, 2.24) is 9.97 Å². The maximum atomic E-state index is 11.7. The predicted octanol–water partition coefficient (Wildman–Crippen LogP) is 2.62. The highest BCUT2D eigenvalue weighted by Gasteiger charge is 2.05. The monoisotopic (exact) mass is 228 g/mol. The molecule has 0 saturated heterocycles. The average Bonchev–Trinajstić information content (AvgIpc) is 2.35. The smallest absolute Gasteiger partial charge is 0.254 e. The lowest BCUT2D eigenvalue weighted by atomic mass is 10.1. The van der Waals surface area contributed by atoms with E-state index in [-0.39, 0.29) is 5.56 Å². The van der Waals surface area contributed by atoms with Crippen molar-refractivity contribution in [1.29, 1.82) is 0 Å². The number of aryl methyl sites for hydroxylation is 2. The van der Waals surface area contributed by atoms with Gasteiger partial charge in [-0.3, -0.25) is 4.79 Å². The predicted molar refractivity (Wildman–Crippen MR) is 69.1 cm³/mol. The quantitative estimate of drug-likeness (QED) is 0.858. The van der Waals surface area contributed by atoms with Crippen molar-refractivity contribution in [3.8, 4) is 11.4 Å². The highest BCUT2D eigenvalue weighted by molar-refractivity contribution is 5.55. The molecule has 0 aliphatic carbocycles. The number of H-pyrrole nitrogens is 1. The van der Waals surface area contributed by atoms with Crippen LogP contribution in [0.25, 0.3) is 11.4 Å². The third-order valence-electron chi connectivity index (χ3n) is 3.03. The lowest BCUT2D eigenvalue weighted by molar-refractivity contribution is 1.03. The zero-order valence-electron chi connectivity index (χ0n) is 10.4. The van der Waals surface area contributed by atoms with Crippen LogP contribution in [-0.2, 0) is 6.42 Å². The van der Waals surface area contributed by atoms with Gasteiger partial charge in [0.2, 0.25) is 0 Å². The lowest BCUT2D eigenvalue weighted by Crippen LogP contribution is -2.14. The second kappa shape index (κ2) is 4.53. The van der Waals surface area contributed by atoms with Gasteiger partial charge in [0.1, 0.15) is 5.82 Å². The molecule has 1 heterocycles. The number of benzene rings is 1. The molecule has 0 unspecified atom stereocenters. The molecule has 0 spiro atoms. The minimum Gasteiger partial charge on any atom is -0.306 e. The van der Waals surface area contributed by atoms with Crippen LogP contribution in [0, 0.1) is 13.8 Å². The van der Waals surface area contributed by atoms with Crippen molar-refractivity contribution in [2.75, 3.05) is 0 Å². The van der Waals surface area contributed by atoms with E-state index in [1.807, 2.05) is 19.1 Å². The molecule has 1 aromatic carbocycles. The Balaban J connectivity index is 2.49. The standard InChI is InChI=1S/C14H16N2O/c1-4-11-5-7-12(8-6-11)13-15-10(3)9(2)14(17)16-13/h5-8H,4H2,1-3H3,(H,15,16,17). The van der Waals surface area contributed by atoms with Gasteiger partial charge in [-0.05, 0) is 25.8 Å². The van der Waals surface area contributed by atoms with E-state index < -0.39 is 0 Å². The van der Waals surface area contributed by atoms with Gasteiger partial charge in [-0.25, -0.2) is 4.98 Å². The van der Waals surface area contributed by atoms with E-state index in [1.54, 1.807) is 6.92 Å². The van der Waals surface area contributed by atoms with Crippen molar-refractivity contribution in [2.45, 2.75) is 27.2 Å². The summed E-state index contributed by atoms with van der Waals surface area (Å²) in [6, 6.07) is 8.10. The molecule has 0 bridgehead atoms. The van der Waals surface area contributed by atoms with Gasteiger partial charge >= 0.3 is 0 Å². The summed E-state index contributed by atoms with van der Waals surface area (Å²) in [5.41, 5.74) is 3.62. The number of aromatic nitrogens is 2. The molecule has 0 aliphatic heterocycles. The number of hydrogen-bond acceptors (Lipinski definition) is 2. The van der Waals surface area contributed by atoms with Crippen LogP contribution in [-0.4, -0.2) is 9.97 Å². The number of aromatic amines is 1. The van der Waals surface area contributed by atoms with Crippen molar-refractivity contribution >= 4 is 0 Å². The molecule has 2 rings (SSSR count). The summed E-state index contributed by atoms with van der Waals surface area (Å²) in [5, 5.41) is 0. The zero-order valence-corrected chi connectivity index (χ0v) is 10.4. The van der Waals surface area contributed by atoms with Crippen molar-refractivity contribution < 1.29 is 0 Å². The van der Waals surface area contributed by atoms with E-state index in [4.69, 9.17) is 0 Å². The summed E-state index contributed by atoms with van der Waals surface area (Å²) in [4.78, 5) is 18.9. The second-order valence-electron chi connectivity index (χ2n) is 4.18. The van der Waals surface area contributed by atoms with Crippen molar-refractivity contribution in [2.24, 2.45) is 0 Å². The van der Waals surface area contributed by atoms with Crippen LogP contribution in [0.1, 0.15) is 23.7 Å². The van der Waals surface area contributed by atoms with E-state index in [0.717, 1.165) is 17.7 Å². The molecule has 1 N–H and O–H groups in total. The Bertz CT molecular complexity index is 582. The number of nitrogens with one attached hydrogen (secondary N) is 1. The summed E-state index contributed by atoms with van der Waals surface area (Å²) in [6.45, 7) is 5.75. The Kier molecular flexibility index (Phi) is 3.09. The van der Waals surface area contributed by atoms with E-state index >= 15 is 0 Å². The first-order chi connectivity index (χ1) is 8.11. The van der Waals surface area contributed by atoms with Gasteiger partial charge in [-0.2, -0.15) is 0 Å². The fraction of sp³-hybridized carbons (Fsp3) is 0.286. The van der Waals surface area contributed by atoms with E-state index in [0.29, 0.717) is 11.4 Å². The van der Waals surface area contributed by atoms with Crippen LogP contribution in [0.5, 0.6) is 0 Å². The Morgan fingerprint density at radius 2 is 1.82 bits per heavy atom. The van der Waals surface area contributed by atoms with Crippen molar-refractivity contribution in [3.05, 3.63) is 51.4 Å². The van der Waals surface area contributed by atoms with Crippen LogP contribution in [0.3, 0.4) is 0 Å². The largest absolute Gasteiger partial charge is 0.306 e. The van der Waals surface area contributed by atoms with Crippen molar-refractivity contribution in [3.63, 3.8) is 0 Å². The maximum absolute atomic E-state index is 11.7. The van der Waals surface area contributed by atoms with Gasteiger partial charge < -0.3 is 4.98 Å². The van der Waals surface area contributed by atoms with Gasteiger partial charge in [-0.1, -0.05) is 31.2 Å². The first kappa shape index (κ1) is 11.6. The average molecular weight is 228 g/mol. The maximum Gasteiger partial charge on any atom is 0.254 e. The minimum atomic E-state index is -0.0629. The molecule has 3 heteroatoms. The molecule has 17 heavy (non-hydrogen) atoms. The normalized spacial score (nSPS) is 10.5. The summed E-state index contributed by atoms with van der Waals surface area (Å²) in [6.07, 6.45) is 1.01. The fourth-order valence-corrected chi connectivity index (χ4v) is 1.68. The fourth-order valence-electron chi connectivity index (χ4n) is 1.68. The van der Waals surface area contributed by atoms with E-state index in [9.17, 15) is 4.79 Å². The Morgan fingerprint density at radius 3 is 2.35 bits per heavy atom. The molecule has 2 aromatic rings. The van der Waals surface area contributed by atoms with Gasteiger partial charge in [0, 0.05) is 16.8 Å². The van der Waals surface area contributed by atoms with Crippen LogP contribution in [0.15, 0.2) is 29.1 Å². The summed E-state index contributed by atoms with van der Waals surface area (Å²) in [7, 11) is 0. The van der Waals surface area contributed by atoms with Gasteiger partial charge in [0.05, 0.1) is 0 Å². The molecular formula is C14H16N2O. The van der Waals surface area contributed by atoms with E-state index in [2.05, 4.69) is 29.0 Å². The first-order valence-electron chi connectivity index (χ1n) is 5.78. The highest BCUT2D eigenvalue weighted by Crippen LogP contribution is 2.15. The third kappa shape index (κ3) is 2.28. The summed E-state index contributed by atoms with van der Waals surface area (Å²) < 4.78 is 0. The highest BCUT2D eigenvalue weighted by atomic mass is 16.1. The summed E-state index contributed by atoms with van der Waals surface area (Å²) >= 11 is 0. The third-order valence-corrected chi connectivity index (χ3v) is 3.03. The zero-order chi connectivity index (χ0) is 12.4. The number of rotatable bonds is 2. The molecule has 0 fully saturated rings. The first-order valence-corrected chi connectivity index (χ1v) is 5.78. The second-order valence-corrected chi connectivity index (χ2v) is 4.18. The van der Waals surface area contributed by atoms with Gasteiger partial charge in [0.15, 0.2) is 0 Å². The molecule has 0 saturated carbocycles. The molecule has 0 amide bonds. The molecule has 1 aromatic heterocycles. The molecule has 0 radical (unpaired) electrons. The Hall–Kier alpha value is -1.90. The van der Waals surface area contributed by atoms with Gasteiger partial charge in [0.25, 0.3) is 5.56 Å². The topological polar surface area (TPSA) is 45.8 Å². The van der Waals surface area contributed by atoms with Crippen LogP contribution >= 0.6 is 0 Å². The van der Waals surface area contributed by atoms with E-state index in [1.165, 1.54) is 5.56 Å². The minimum absolute atomic E-state index is 0.0629. The number of hydrogen-bond donors (Lipinski definition) is 1. The van der Waals surface area contributed by atoms with Crippen LogP contribution in [0.4, 0.5) is 0 Å². The number of nitrogens with zero attached hydrogens (tertiary/aromatic N) is 1. The Labute approximate surface area is 101 Å². The summed E-state index contributed by atoms with van der Waals surface area (Å²) in [5.74, 6) is 0.640. The van der Waals surface area contributed by atoms with Crippen LogP contribution < -0.4 is 5.56 Å². The molecule has 88 valence electrons. The van der Waals surface area contributed by atoms with Gasteiger partial charge in [-0.15, -0.1) is 0 Å². The Morgan fingerprint density at radius 1 is 1.18 bits per heavy atom. The lowest BCUT2D eigenvalue weighted by Gasteiger charge is -2.05. The SMILES string of the molecule is CCc1ccc(-c2nc(C)c(C)c(=O)[nH]2)cc1. The van der Waals surface area contributed by atoms with Crippen LogP contribution in [0.2, 0.25) is 0 Å². The molecule has 0 aliphatic rings.